The van der Waals surface area contributed by atoms with Gasteiger partial charge >= 0.3 is 5.97 Å². The Balaban J connectivity index is 1.99. The van der Waals surface area contributed by atoms with E-state index in [0.717, 1.165) is 12.8 Å². The Morgan fingerprint density at radius 3 is 2.25 bits per heavy atom. The smallest absolute Gasteiger partial charge is 0.325 e. The molecule has 0 heterocycles. The van der Waals surface area contributed by atoms with Crippen molar-refractivity contribution in [1.82, 2.24) is 10.2 Å². The van der Waals surface area contributed by atoms with Crippen molar-refractivity contribution in [1.29, 1.82) is 0 Å². The van der Waals surface area contributed by atoms with E-state index in [1.54, 1.807) is 7.05 Å². The number of hydrogen-bond acceptors (Lipinski definition) is 3. The van der Waals surface area contributed by atoms with Gasteiger partial charge in [0.1, 0.15) is 5.54 Å². The van der Waals surface area contributed by atoms with Gasteiger partial charge in [0.15, 0.2) is 0 Å². The van der Waals surface area contributed by atoms with Crippen molar-refractivity contribution in [3.8, 4) is 0 Å². The lowest BCUT2D eigenvalue weighted by molar-refractivity contribution is -0.147. The van der Waals surface area contributed by atoms with Crippen molar-refractivity contribution >= 4 is 5.97 Å². The largest absolute Gasteiger partial charge is 0.480 e. The van der Waals surface area contributed by atoms with Crippen molar-refractivity contribution in [3.63, 3.8) is 0 Å². The molecule has 0 aliphatic heterocycles. The van der Waals surface area contributed by atoms with Gasteiger partial charge in [-0.2, -0.15) is 0 Å². The summed E-state index contributed by atoms with van der Waals surface area (Å²) in [6.45, 7) is 5.29. The van der Waals surface area contributed by atoms with Gasteiger partial charge in [-0.15, -0.1) is 0 Å². The highest BCUT2D eigenvalue weighted by molar-refractivity contribution is 5.80. The Hall–Kier alpha value is -0.610. The number of rotatable bonds is 6. The topological polar surface area (TPSA) is 52.6 Å². The molecule has 2 N–H and O–H groups in total. The van der Waals surface area contributed by atoms with E-state index in [9.17, 15) is 9.90 Å². The van der Waals surface area contributed by atoms with E-state index >= 15 is 0 Å². The van der Waals surface area contributed by atoms with E-state index < -0.39 is 11.5 Å². The fourth-order valence-corrected chi connectivity index (χ4v) is 3.68. The Kier molecular flexibility index (Phi) is 4.45. The average Bonchev–Trinajstić information content (AvgIpc) is 3.19. The van der Waals surface area contributed by atoms with Crippen LogP contribution < -0.4 is 5.32 Å². The molecule has 2 saturated carbocycles. The number of carbonyl (C=O) groups is 1. The first-order valence-electron chi connectivity index (χ1n) is 7.93. The van der Waals surface area contributed by atoms with E-state index in [1.807, 2.05) is 0 Å². The maximum Gasteiger partial charge on any atom is 0.325 e. The molecule has 0 bridgehead atoms. The van der Waals surface area contributed by atoms with Gasteiger partial charge in [-0.25, -0.2) is 0 Å². The first-order valence-corrected chi connectivity index (χ1v) is 7.93. The molecular formula is C16H30N2O2. The van der Waals surface area contributed by atoms with E-state index in [1.165, 1.54) is 25.7 Å². The minimum Gasteiger partial charge on any atom is -0.480 e. The number of likely N-dealkylation sites (N-methyl/N-ethyl adjacent to an activating group) is 2. The van der Waals surface area contributed by atoms with Gasteiger partial charge in [-0.05, 0) is 64.0 Å². The molecule has 20 heavy (non-hydrogen) atoms. The van der Waals surface area contributed by atoms with Crippen LogP contribution in [-0.4, -0.2) is 48.2 Å². The molecule has 2 aliphatic carbocycles. The number of carboxylic acids is 1. The van der Waals surface area contributed by atoms with Gasteiger partial charge in [-0.1, -0.05) is 13.8 Å². The zero-order valence-electron chi connectivity index (χ0n) is 13.4. The van der Waals surface area contributed by atoms with Gasteiger partial charge < -0.3 is 15.3 Å². The Morgan fingerprint density at radius 2 is 1.85 bits per heavy atom. The molecule has 0 aromatic heterocycles. The Labute approximate surface area is 122 Å². The van der Waals surface area contributed by atoms with E-state index in [0.29, 0.717) is 23.9 Å². The molecule has 0 aromatic rings. The molecule has 0 saturated heterocycles. The fourth-order valence-electron chi connectivity index (χ4n) is 3.68. The second-order valence-corrected chi connectivity index (χ2v) is 7.61. The summed E-state index contributed by atoms with van der Waals surface area (Å²) in [6.07, 6.45) is 6.94. The van der Waals surface area contributed by atoms with Crippen LogP contribution in [0.25, 0.3) is 0 Å². The van der Waals surface area contributed by atoms with Crippen LogP contribution in [0.5, 0.6) is 0 Å². The first kappa shape index (κ1) is 15.8. The molecule has 0 amide bonds. The molecule has 116 valence electrons. The number of hydrogen-bond donors (Lipinski definition) is 2. The molecule has 2 aliphatic rings. The minimum absolute atomic E-state index is 0.299. The van der Waals surface area contributed by atoms with Crippen molar-refractivity contribution in [2.45, 2.75) is 64.0 Å². The second-order valence-electron chi connectivity index (χ2n) is 7.61. The van der Waals surface area contributed by atoms with Crippen molar-refractivity contribution in [3.05, 3.63) is 0 Å². The molecule has 0 spiro atoms. The third kappa shape index (κ3) is 3.17. The van der Waals surface area contributed by atoms with Crippen LogP contribution in [0.3, 0.4) is 0 Å². The third-order valence-electron chi connectivity index (χ3n) is 5.53. The maximum atomic E-state index is 11.8. The zero-order chi connectivity index (χ0) is 15.0. The lowest BCUT2D eigenvalue weighted by Gasteiger charge is -2.42. The summed E-state index contributed by atoms with van der Waals surface area (Å²) in [5, 5.41) is 12.8. The quantitative estimate of drug-likeness (QED) is 0.785. The zero-order valence-corrected chi connectivity index (χ0v) is 13.4. The standard InChI is InChI=1S/C16H30N2O2/c1-15(2)9-7-13(8-10-15)18(4)11-16(17-3,14(19)20)12-5-6-12/h12-13,17H,5-11H2,1-4H3,(H,19,20). The van der Waals surface area contributed by atoms with Crippen molar-refractivity contribution < 1.29 is 9.90 Å². The lowest BCUT2D eigenvalue weighted by Crippen LogP contribution is -2.60. The number of nitrogens with zero attached hydrogens (tertiary/aromatic N) is 1. The molecule has 1 unspecified atom stereocenters. The molecule has 4 nitrogen and oxygen atoms in total. The van der Waals surface area contributed by atoms with Crippen LogP contribution in [-0.2, 0) is 4.79 Å². The number of aliphatic carboxylic acids is 1. The molecule has 1 atom stereocenters. The van der Waals surface area contributed by atoms with Gasteiger partial charge in [0.05, 0.1) is 0 Å². The van der Waals surface area contributed by atoms with Crippen molar-refractivity contribution in [2.75, 3.05) is 20.6 Å². The average molecular weight is 282 g/mol. The van der Waals surface area contributed by atoms with E-state index in [2.05, 4.69) is 31.1 Å². The predicted octanol–water partition coefficient (Wildman–Crippen LogP) is 2.34. The Morgan fingerprint density at radius 1 is 1.30 bits per heavy atom. The van der Waals surface area contributed by atoms with Gasteiger partial charge in [-0.3, -0.25) is 4.79 Å². The monoisotopic (exact) mass is 282 g/mol. The maximum absolute atomic E-state index is 11.8. The summed E-state index contributed by atoms with van der Waals surface area (Å²) in [7, 11) is 3.89. The molecule has 0 radical (unpaired) electrons. The third-order valence-corrected chi connectivity index (χ3v) is 5.53. The van der Waals surface area contributed by atoms with Crippen molar-refractivity contribution in [2.24, 2.45) is 11.3 Å². The predicted molar refractivity (Wildman–Crippen MR) is 80.8 cm³/mol. The second kappa shape index (κ2) is 5.64. The summed E-state index contributed by atoms with van der Waals surface area (Å²) in [6, 6.07) is 0.536. The molecular weight excluding hydrogens is 252 g/mol. The molecule has 2 rings (SSSR count). The highest BCUT2D eigenvalue weighted by atomic mass is 16.4. The minimum atomic E-state index is -0.748. The van der Waals surface area contributed by atoms with Crippen LogP contribution in [0.15, 0.2) is 0 Å². The molecule has 0 aromatic carbocycles. The fraction of sp³-hybridized carbons (Fsp3) is 0.938. The number of carboxylic acid groups (broad SMARTS) is 1. The van der Waals surface area contributed by atoms with Gasteiger partial charge in [0, 0.05) is 12.6 Å². The van der Waals surface area contributed by atoms with Gasteiger partial charge in [0.25, 0.3) is 0 Å². The van der Waals surface area contributed by atoms with E-state index in [4.69, 9.17) is 0 Å². The molecule has 2 fully saturated rings. The van der Waals surface area contributed by atoms with Crippen LogP contribution in [0.4, 0.5) is 0 Å². The molecule has 4 heteroatoms. The van der Waals surface area contributed by atoms with E-state index in [-0.39, 0.29) is 0 Å². The summed E-state index contributed by atoms with van der Waals surface area (Å²) in [4.78, 5) is 14.1. The Bertz CT molecular complexity index is 355. The summed E-state index contributed by atoms with van der Waals surface area (Å²) in [5.74, 6) is -0.391. The summed E-state index contributed by atoms with van der Waals surface area (Å²) < 4.78 is 0. The highest BCUT2D eigenvalue weighted by Gasteiger charge is 2.51. The summed E-state index contributed by atoms with van der Waals surface area (Å²) >= 11 is 0. The number of nitrogens with one attached hydrogen (secondary N) is 1. The first-order chi connectivity index (χ1) is 9.31. The normalized spacial score (nSPS) is 26.4. The van der Waals surface area contributed by atoms with Crippen LogP contribution in [0, 0.1) is 11.3 Å². The van der Waals surface area contributed by atoms with Crippen LogP contribution in [0.1, 0.15) is 52.4 Å². The van der Waals surface area contributed by atoms with Gasteiger partial charge in [0.2, 0.25) is 0 Å². The summed E-state index contributed by atoms with van der Waals surface area (Å²) in [5.41, 5.74) is -0.289. The SMILES string of the molecule is CNC(CN(C)C1CCC(C)(C)CC1)(C(=O)O)C1CC1. The van der Waals surface area contributed by atoms with Crippen LogP contribution >= 0.6 is 0 Å². The highest BCUT2D eigenvalue weighted by Crippen LogP contribution is 2.42. The lowest BCUT2D eigenvalue weighted by atomic mass is 9.75. The van der Waals surface area contributed by atoms with Crippen LogP contribution in [0.2, 0.25) is 0 Å².